The van der Waals surface area contributed by atoms with E-state index in [1.807, 2.05) is 60.7 Å². The highest BCUT2D eigenvalue weighted by Crippen LogP contribution is 2.21. The molecule has 13 heteroatoms. The number of carbonyl (C=O) groups excluding carboxylic acids is 5. The van der Waals surface area contributed by atoms with Crippen LogP contribution in [0.25, 0.3) is 0 Å². The number of urea groups is 1. The first-order valence-electron chi connectivity index (χ1n) is 17.5. The van der Waals surface area contributed by atoms with Crippen LogP contribution in [0.1, 0.15) is 25.0 Å². The van der Waals surface area contributed by atoms with E-state index in [0.29, 0.717) is 22.9 Å². The standard InChI is InChI=1S/C41H48N6O7/c1-27(37(48)44-35(25-29-13-9-7-10-14-29)39(50)46(3)31-17-21-33(53-5)22-18-31)42-41(52)43-28(2)38(49)45-36(26-30-15-11-8-12-16-30)40(51)47(4)32-19-23-34(54-6)24-20-32/h7-24,27-28,35-36H,25-26H2,1-6H3,(H,44,48)(H,45,49)(H2,42,43,52)/t27-,28-,35-,36?/m0/s1. The Morgan fingerprint density at radius 2 is 0.852 bits per heavy atom. The van der Waals surface area contributed by atoms with Gasteiger partial charge >= 0.3 is 6.03 Å². The minimum absolute atomic E-state index is 0.207. The highest BCUT2D eigenvalue weighted by atomic mass is 16.5. The zero-order valence-corrected chi connectivity index (χ0v) is 31.4. The molecule has 1 unspecified atom stereocenters. The van der Waals surface area contributed by atoms with Crippen LogP contribution in [0.15, 0.2) is 109 Å². The van der Waals surface area contributed by atoms with E-state index in [-0.39, 0.29) is 24.7 Å². The number of amides is 6. The molecule has 0 aliphatic heterocycles. The monoisotopic (exact) mass is 736 g/mol. The van der Waals surface area contributed by atoms with Gasteiger partial charge in [0.1, 0.15) is 35.7 Å². The van der Waals surface area contributed by atoms with Crippen LogP contribution in [0.3, 0.4) is 0 Å². The fourth-order valence-corrected chi connectivity index (χ4v) is 5.59. The maximum atomic E-state index is 13.7. The van der Waals surface area contributed by atoms with Crippen LogP contribution in [0.5, 0.6) is 11.5 Å². The third-order valence-electron chi connectivity index (χ3n) is 8.86. The van der Waals surface area contributed by atoms with E-state index in [1.54, 1.807) is 76.8 Å². The predicted octanol–water partition coefficient (Wildman–Crippen LogP) is 3.86. The Kier molecular flexibility index (Phi) is 14.6. The summed E-state index contributed by atoms with van der Waals surface area (Å²) in [5.74, 6) is -0.661. The molecule has 4 aromatic carbocycles. The number of hydrogen-bond donors (Lipinski definition) is 4. The number of carbonyl (C=O) groups is 5. The molecule has 0 aliphatic carbocycles. The van der Waals surface area contributed by atoms with Gasteiger partial charge in [0, 0.05) is 38.3 Å². The summed E-state index contributed by atoms with van der Waals surface area (Å²) in [5, 5.41) is 10.7. The largest absolute Gasteiger partial charge is 0.497 e. The van der Waals surface area contributed by atoms with Gasteiger partial charge < -0.3 is 40.5 Å². The summed E-state index contributed by atoms with van der Waals surface area (Å²) in [6, 6.07) is 27.5. The number of methoxy groups -OCH3 is 2. The van der Waals surface area contributed by atoms with Crippen molar-refractivity contribution >= 4 is 41.0 Å². The second-order valence-corrected chi connectivity index (χ2v) is 12.8. The van der Waals surface area contributed by atoms with E-state index in [1.165, 1.54) is 23.6 Å². The van der Waals surface area contributed by atoms with Gasteiger partial charge in [0.2, 0.25) is 23.6 Å². The minimum Gasteiger partial charge on any atom is -0.497 e. The molecule has 4 rings (SSSR count). The van der Waals surface area contributed by atoms with Gasteiger partial charge in [-0.2, -0.15) is 0 Å². The number of likely N-dealkylation sites (N-methyl/N-ethyl adjacent to an activating group) is 2. The van der Waals surface area contributed by atoms with Crippen LogP contribution >= 0.6 is 0 Å². The lowest BCUT2D eigenvalue weighted by Crippen LogP contribution is -2.58. The molecule has 0 spiro atoms. The minimum atomic E-state index is -1.08. The molecule has 4 atom stereocenters. The molecule has 13 nitrogen and oxygen atoms in total. The summed E-state index contributed by atoms with van der Waals surface area (Å²) in [6.07, 6.45) is 0.414. The summed E-state index contributed by atoms with van der Waals surface area (Å²) < 4.78 is 10.4. The number of ether oxygens (including phenoxy) is 2. The van der Waals surface area contributed by atoms with Gasteiger partial charge in [-0.05, 0) is 73.5 Å². The van der Waals surface area contributed by atoms with Gasteiger partial charge in [0.05, 0.1) is 14.2 Å². The molecule has 0 bridgehead atoms. The Labute approximate surface area is 316 Å². The fraction of sp³-hybridized carbons (Fsp3) is 0.293. The van der Waals surface area contributed by atoms with Crippen LogP contribution in [0.2, 0.25) is 0 Å². The van der Waals surface area contributed by atoms with E-state index in [9.17, 15) is 24.0 Å². The summed E-state index contributed by atoms with van der Waals surface area (Å²) in [6.45, 7) is 2.95. The van der Waals surface area contributed by atoms with E-state index >= 15 is 0 Å². The molecule has 0 fully saturated rings. The van der Waals surface area contributed by atoms with E-state index in [0.717, 1.165) is 11.1 Å². The fourth-order valence-electron chi connectivity index (χ4n) is 5.59. The van der Waals surface area contributed by atoms with Crippen molar-refractivity contribution in [2.24, 2.45) is 0 Å². The van der Waals surface area contributed by atoms with Crippen molar-refractivity contribution in [3.05, 3.63) is 120 Å². The summed E-state index contributed by atoms with van der Waals surface area (Å²) in [7, 11) is 6.34. The average molecular weight is 737 g/mol. The van der Waals surface area contributed by atoms with Crippen molar-refractivity contribution < 1.29 is 33.4 Å². The first-order chi connectivity index (χ1) is 25.9. The molecule has 0 aliphatic rings. The first-order valence-corrected chi connectivity index (χ1v) is 17.5. The lowest BCUT2D eigenvalue weighted by atomic mass is 10.0. The second kappa shape index (κ2) is 19.5. The molecule has 0 aromatic heterocycles. The third kappa shape index (κ3) is 11.3. The maximum Gasteiger partial charge on any atom is 0.316 e. The summed E-state index contributed by atoms with van der Waals surface area (Å²) in [4.78, 5) is 70.1. The van der Waals surface area contributed by atoms with Crippen molar-refractivity contribution in [2.45, 2.75) is 50.9 Å². The lowest BCUT2D eigenvalue weighted by Gasteiger charge is -2.27. The SMILES string of the molecule is COc1ccc(N(C)C(=O)C(Cc2ccccc2)NC(=O)[C@H](C)NC(=O)N[C@@H](C)C(=O)N[C@@H](Cc2ccccc2)C(=O)N(C)c2ccc(OC)cc2)cc1. The molecule has 0 radical (unpaired) electrons. The Hall–Kier alpha value is -6.37. The summed E-state index contributed by atoms with van der Waals surface area (Å²) >= 11 is 0. The second-order valence-electron chi connectivity index (χ2n) is 12.8. The van der Waals surface area contributed by atoms with Gasteiger partial charge in [0.15, 0.2) is 0 Å². The van der Waals surface area contributed by atoms with Crippen molar-refractivity contribution in [3.8, 4) is 11.5 Å². The lowest BCUT2D eigenvalue weighted by molar-refractivity contribution is -0.128. The Bertz CT molecular complexity index is 1720. The first kappa shape index (κ1) is 40.4. The molecular weight excluding hydrogens is 688 g/mol. The van der Waals surface area contributed by atoms with Gasteiger partial charge in [-0.3, -0.25) is 19.2 Å². The van der Waals surface area contributed by atoms with E-state index in [4.69, 9.17) is 9.47 Å². The average Bonchev–Trinajstić information content (AvgIpc) is 3.19. The van der Waals surface area contributed by atoms with Gasteiger partial charge in [-0.15, -0.1) is 0 Å². The number of hydrogen-bond acceptors (Lipinski definition) is 7. The van der Waals surface area contributed by atoms with Gasteiger partial charge in [0.25, 0.3) is 0 Å². The molecule has 0 heterocycles. The Balaban J connectivity index is 1.39. The summed E-state index contributed by atoms with van der Waals surface area (Å²) in [5.41, 5.74) is 2.87. The van der Waals surface area contributed by atoms with Gasteiger partial charge in [-0.25, -0.2) is 4.79 Å². The zero-order valence-electron chi connectivity index (χ0n) is 31.4. The van der Waals surface area contributed by atoms with E-state index < -0.39 is 42.0 Å². The van der Waals surface area contributed by atoms with Crippen molar-refractivity contribution in [2.75, 3.05) is 38.1 Å². The molecule has 4 N–H and O–H groups in total. The third-order valence-corrected chi connectivity index (χ3v) is 8.86. The normalized spacial score (nSPS) is 12.9. The van der Waals surface area contributed by atoms with Crippen LogP contribution in [-0.2, 0) is 32.0 Å². The van der Waals surface area contributed by atoms with Crippen LogP contribution < -0.4 is 40.5 Å². The van der Waals surface area contributed by atoms with Gasteiger partial charge in [-0.1, -0.05) is 60.7 Å². The molecule has 0 saturated carbocycles. The van der Waals surface area contributed by atoms with Crippen LogP contribution in [0, 0.1) is 0 Å². The maximum absolute atomic E-state index is 13.7. The van der Waals surface area contributed by atoms with Crippen molar-refractivity contribution in [1.29, 1.82) is 0 Å². The quantitative estimate of drug-likeness (QED) is 0.136. The van der Waals surface area contributed by atoms with Crippen LogP contribution in [0.4, 0.5) is 16.2 Å². The molecule has 6 amide bonds. The number of nitrogens with zero attached hydrogens (tertiary/aromatic N) is 2. The molecular formula is C41H48N6O7. The molecule has 4 aromatic rings. The van der Waals surface area contributed by atoms with E-state index in [2.05, 4.69) is 21.3 Å². The molecule has 54 heavy (non-hydrogen) atoms. The highest BCUT2D eigenvalue weighted by Gasteiger charge is 2.30. The molecule has 0 saturated heterocycles. The number of nitrogens with one attached hydrogen (secondary N) is 4. The molecule has 284 valence electrons. The van der Waals surface area contributed by atoms with Crippen LogP contribution in [-0.4, -0.2) is 82.1 Å². The topological polar surface area (TPSA) is 158 Å². The number of anilines is 2. The van der Waals surface area contributed by atoms with Crippen molar-refractivity contribution in [1.82, 2.24) is 21.3 Å². The number of benzene rings is 4. The van der Waals surface area contributed by atoms with Crippen molar-refractivity contribution in [3.63, 3.8) is 0 Å². The highest BCUT2D eigenvalue weighted by molar-refractivity contribution is 6.01. The Morgan fingerprint density at radius 3 is 1.17 bits per heavy atom. The zero-order chi connectivity index (χ0) is 39.2. The Morgan fingerprint density at radius 1 is 0.519 bits per heavy atom. The smallest absolute Gasteiger partial charge is 0.316 e. The number of rotatable bonds is 16. The predicted molar refractivity (Wildman–Crippen MR) is 208 cm³/mol.